The standard InChI is InChI=1S/C82H160O17P2/c1-6-10-13-16-19-22-25-28-30-32-33-34-35-37-39-42-45-48-51-58-63-68-81(86)98-77(71-92-79(84)65-60-55-49-46-43-41-38-36-31-29-26-23-20-17-14-11-7-2)73-96-100(88,89)94-69-76(83)70-95-101(90,91)97-74-78(72-93-80(85)66-61-56-53-52-54-59-64-75(5)9-4)99-82(87)67-62-57-50-47-44-40-27-24-21-18-15-12-8-3/h75-78,83H,6-74H2,1-5H3,(H,88,89)(H,90,91)/t75?,76-,77-,78-/m1/s1. The van der Waals surface area contributed by atoms with Gasteiger partial charge in [0.25, 0.3) is 0 Å². The highest BCUT2D eigenvalue weighted by Gasteiger charge is 2.30. The maximum Gasteiger partial charge on any atom is 0.472 e. The first-order valence-corrected chi connectivity index (χ1v) is 45.7. The van der Waals surface area contributed by atoms with Crippen LogP contribution in [-0.4, -0.2) is 96.7 Å². The predicted octanol–water partition coefficient (Wildman–Crippen LogP) is 24.8. The average molecular weight is 1480 g/mol. The monoisotopic (exact) mass is 1480 g/mol. The van der Waals surface area contributed by atoms with Crippen LogP contribution in [0.15, 0.2) is 0 Å². The molecule has 0 radical (unpaired) electrons. The van der Waals surface area contributed by atoms with Gasteiger partial charge in [-0.1, -0.05) is 388 Å². The van der Waals surface area contributed by atoms with Crippen LogP contribution in [0.2, 0.25) is 0 Å². The Morgan fingerprint density at radius 1 is 0.277 bits per heavy atom. The normalized spacial score (nSPS) is 14.1. The number of carbonyl (C=O) groups is 4. The first kappa shape index (κ1) is 99.1. The van der Waals surface area contributed by atoms with Gasteiger partial charge >= 0.3 is 39.5 Å². The molecule has 0 bridgehead atoms. The molecule has 17 nitrogen and oxygen atoms in total. The number of unbranched alkanes of at least 4 members (excludes halogenated alkanes) is 53. The number of rotatable bonds is 82. The third-order valence-electron chi connectivity index (χ3n) is 19.6. The molecule has 19 heteroatoms. The van der Waals surface area contributed by atoms with Gasteiger partial charge in [-0.05, 0) is 31.6 Å². The summed E-state index contributed by atoms with van der Waals surface area (Å²) in [5.74, 6) is -1.38. The molecule has 0 fully saturated rings. The van der Waals surface area contributed by atoms with Crippen molar-refractivity contribution in [1.29, 1.82) is 0 Å². The molecule has 101 heavy (non-hydrogen) atoms. The fourth-order valence-electron chi connectivity index (χ4n) is 12.7. The number of hydrogen-bond acceptors (Lipinski definition) is 15. The van der Waals surface area contributed by atoms with E-state index in [0.717, 1.165) is 102 Å². The van der Waals surface area contributed by atoms with Crippen molar-refractivity contribution >= 4 is 39.5 Å². The van der Waals surface area contributed by atoms with E-state index in [1.165, 1.54) is 257 Å². The fourth-order valence-corrected chi connectivity index (χ4v) is 14.3. The largest absolute Gasteiger partial charge is 0.472 e. The van der Waals surface area contributed by atoms with Gasteiger partial charge in [0.2, 0.25) is 0 Å². The zero-order valence-corrected chi connectivity index (χ0v) is 67.8. The van der Waals surface area contributed by atoms with Gasteiger partial charge in [0.1, 0.15) is 19.3 Å². The summed E-state index contributed by atoms with van der Waals surface area (Å²) in [4.78, 5) is 73.0. The van der Waals surface area contributed by atoms with E-state index in [1.54, 1.807) is 0 Å². The van der Waals surface area contributed by atoms with E-state index >= 15 is 0 Å². The van der Waals surface area contributed by atoms with Crippen molar-refractivity contribution in [2.75, 3.05) is 39.6 Å². The van der Waals surface area contributed by atoms with Gasteiger partial charge in [-0.2, -0.15) is 0 Å². The summed E-state index contributed by atoms with van der Waals surface area (Å²) in [5.41, 5.74) is 0. The van der Waals surface area contributed by atoms with Crippen LogP contribution in [0.4, 0.5) is 0 Å². The predicted molar refractivity (Wildman–Crippen MR) is 414 cm³/mol. The number of aliphatic hydroxyl groups excluding tert-OH is 1. The summed E-state index contributed by atoms with van der Waals surface area (Å²) in [7, 11) is -9.92. The molecule has 0 aromatic heterocycles. The molecule has 3 unspecified atom stereocenters. The Kier molecular flexibility index (Phi) is 73.5. The van der Waals surface area contributed by atoms with Crippen LogP contribution in [0.5, 0.6) is 0 Å². The van der Waals surface area contributed by atoms with Gasteiger partial charge in [-0.15, -0.1) is 0 Å². The molecule has 0 saturated carbocycles. The molecule has 0 saturated heterocycles. The van der Waals surface area contributed by atoms with Crippen LogP contribution in [-0.2, 0) is 65.4 Å². The van der Waals surface area contributed by atoms with Crippen molar-refractivity contribution in [2.24, 2.45) is 5.92 Å². The summed E-state index contributed by atoms with van der Waals surface area (Å²) in [6.07, 6.45) is 66.7. The topological polar surface area (TPSA) is 237 Å². The Morgan fingerprint density at radius 3 is 0.703 bits per heavy atom. The third kappa shape index (κ3) is 74.7. The first-order valence-electron chi connectivity index (χ1n) is 42.7. The van der Waals surface area contributed by atoms with E-state index in [1.807, 2.05) is 0 Å². The molecule has 0 aliphatic heterocycles. The first-order chi connectivity index (χ1) is 49.1. The summed E-state index contributed by atoms with van der Waals surface area (Å²) < 4.78 is 68.7. The smallest absolute Gasteiger partial charge is 0.462 e. The zero-order chi connectivity index (χ0) is 74.1. The SMILES string of the molecule is CCCCCCCCCCCCCCCCCCCCCCCC(=O)O[C@H](COC(=O)CCCCCCCCCCCCCCCCCCC)COP(=O)(O)OC[C@@H](O)COP(=O)(O)OC[C@@H](COC(=O)CCCCCCCCC(C)CC)OC(=O)CCCCCCCCCCCCCCC. The molecule has 600 valence electrons. The second kappa shape index (κ2) is 74.9. The minimum absolute atomic E-state index is 0.107. The summed E-state index contributed by atoms with van der Waals surface area (Å²) >= 11 is 0. The number of phosphoric ester groups is 2. The number of phosphoric acid groups is 2. The minimum Gasteiger partial charge on any atom is -0.462 e. The molecule has 6 atom stereocenters. The molecule has 0 spiro atoms. The van der Waals surface area contributed by atoms with Crippen LogP contribution in [0, 0.1) is 5.92 Å². The van der Waals surface area contributed by atoms with Crippen molar-refractivity contribution in [2.45, 2.75) is 457 Å². The van der Waals surface area contributed by atoms with E-state index in [4.69, 9.17) is 37.0 Å². The lowest BCUT2D eigenvalue weighted by molar-refractivity contribution is -0.161. The second-order valence-corrected chi connectivity index (χ2v) is 32.7. The molecular formula is C82H160O17P2. The number of carbonyl (C=O) groups excluding carboxylic acids is 4. The van der Waals surface area contributed by atoms with Crippen molar-refractivity contribution in [3.63, 3.8) is 0 Å². The van der Waals surface area contributed by atoms with Crippen molar-refractivity contribution < 1.29 is 80.2 Å². The third-order valence-corrected chi connectivity index (χ3v) is 21.5. The van der Waals surface area contributed by atoms with Crippen LogP contribution in [0.1, 0.15) is 439 Å². The molecule has 0 amide bonds. The van der Waals surface area contributed by atoms with E-state index < -0.39 is 97.5 Å². The van der Waals surface area contributed by atoms with Crippen molar-refractivity contribution in [3.05, 3.63) is 0 Å². The van der Waals surface area contributed by atoms with Crippen molar-refractivity contribution in [1.82, 2.24) is 0 Å². The minimum atomic E-state index is -4.96. The Balaban J connectivity index is 5.22. The Hall–Kier alpha value is -1.94. The maximum absolute atomic E-state index is 13.1. The van der Waals surface area contributed by atoms with E-state index in [0.29, 0.717) is 25.7 Å². The second-order valence-electron chi connectivity index (χ2n) is 29.8. The molecule has 3 N–H and O–H groups in total. The lowest BCUT2D eigenvalue weighted by atomic mass is 10.00. The highest BCUT2D eigenvalue weighted by atomic mass is 31.2. The highest BCUT2D eigenvalue weighted by molar-refractivity contribution is 7.47. The number of hydrogen-bond donors (Lipinski definition) is 3. The van der Waals surface area contributed by atoms with Crippen LogP contribution in [0.3, 0.4) is 0 Å². The number of aliphatic hydroxyl groups is 1. The average Bonchev–Trinajstić information content (AvgIpc) is 0.993. The highest BCUT2D eigenvalue weighted by Crippen LogP contribution is 2.45. The Morgan fingerprint density at radius 2 is 0.475 bits per heavy atom. The quantitative estimate of drug-likeness (QED) is 0.0222. The van der Waals surface area contributed by atoms with Crippen molar-refractivity contribution in [3.8, 4) is 0 Å². The lowest BCUT2D eigenvalue weighted by Gasteiger charge is -2.21. The number of esters is 4. The molecule has 0 heterocycles. The summed E-state index contributed by atoms with van der Waals surface area (Å²) in [5, 5.41) is 10.6. The molecule has 0 rings (SSSR count). The molecule has 0 aliphatic carbocycles. The Bertz CT molecular complexity index is 1930. The van der Waals surface area contributed by atoms with E-state index in [-0.39, 0.29) is 25.7 Å². The molecule has 0 aliphatic rings. The number of ether oxygens (including phenoxy) is 4. The maximum atomic E-state index is 13.1. The van der Waals surface area contributed by atoms with E-state index in [9.17, 15) is 43.2 Å². The summed E-state index contributed by atoms with van der Waals surface area (Å²) in [6.45, 7) is 7.30. The summed E-state index contributed by atoms with van der Waals surface area (Å²) in [6, 6.07) is 0. The van der Waals surface area contributed by atoms with Gasteiger partial charge in [0.15, 0.2) is 12.2 Å². The lowest BCUT2D eigenvalue weighted by Crippen LogP contribution is -2.30. The van der Waals surface area contributed by atoms with Gasteiger partial charge < -0.3 is 33.8 Å². The van der Waals surface area contributed by atoms with Crippen LogP contribution >= 0.6 is 15.6 Å². The molecule has 0 aromatic rings. The molecule has 0 aromatic carbocycles. The van der Waals surface area contributed by atoms with Gasteiger partial charge in [-0.25, -0.2) is 9.13 Å². The van der Waals surface area contributed by atoms with Crippen LogP contribution in [0.25, 0.3) is 0 Å². The van der Waals surface area contributed by atoms with Gasteiger partial charge in [0, 0.05) is 25.7 Å². The fraction of sp³-hybridized carbons (Fsp3) is 0.951. The Labute approximate surface area is 619 Å². The zero-order valence-electron chi connectivity index (χ0n) is 66.1. The van der Waals surface area contributed by atoms with Gasteiger partial charge in [0.05, 0.1) is 26.4 Å². The molecular weight excluding hydrogens is 1320 g/mol. The van der Waals surface area contributed by atoms with E-state index in [2.05, 4.69) is 34.6 Å². The van der Waals surface area contributed by atoms with Crippen LogP contribution < -0.4 is 0 Å². The van der Waals surface area contributed by atoms with Gasteiger partial charge in [-0.3, -0.25) is 37.3 Å².